The molecule has 7 heteroatoms. The Kier molecular flexibility index (Phi) is 7.27. The van der Waals surface area contributed by atoms with Crippen LogP contribution in [-0.2, 0) is 13.0 Å². The Bertz CT molecular complexity index is 744. The average Bonchev–Trinajstić information content (AvgIpc) is 3.19. The summed E-state index contributed by atoms with van der Waals surface area (Å²) in [5.74, 6) is 1.46. The fourth-order valence-corrected chi connectivity index (χ4v) is 3.20. The maximum absolute atomic E-state index is 5.97. The molecule has 0 spiro atoms. The largest absolute Gasteiger partial charge is 0.474 e. The van der Waals surface area contributed by atoms with Crippen LogP contribution < -0.4 is 15.4 Å². The number of aromatic nitrogens is 2. The van der Waals surface area contributed by atoms with Crippen LogP contribution in [0.4, 0.5) is 0 Å². The molecule has 0 aliphatic heterocycles. The molecule has 144 valence electrons. The molecule has 1 saturated carbocycles. The molecule has 2 heterocycles. The number of ether oxygens (including phenoxy) is 1. The summed E-state index contributed by atoms with van der Waals surface area (Å²) in [6, 6.07) is 7.77. The van der Waals surface area contributed by atoms with E-state index in [2.05, 4.69) is 25.6 Å². The lowest BCUT2D eigenvalue weighted by atomic mass is 10.2. The number of hydrogen-bond donors (Lipinski definition) is 2. The van der Waals surface area contributed by atoms with E-state index in [1.807, 2.05) is 18.2 Å². The van der Waals surface area contributed by atoms with Crippen LogP contribution in [0.3, 0.4) is 0 Å². The third-order valence-electron chi connectivity index (χ3n) is 4.57. The summed E-state index contributed by atoms with van der Waals surface area (Å²) >= 11 is 5.81. The van der Waals surface area contributed by atoms with Gasteiger partial charge in [-0.25, -0.2) is 9.97 Å². The normalized spacial score (nSPS) is 15.0. The Hall–Kier alpha value is -2.34. The van der Waals surface area contributed by atoms with Crippen molar-refractivity contribution < 1.29 is 4.74 Å². The van der Waals surface area contributed by atoms with E-state index in [-0.39, 0.29) is 0 Å². The topological polar surface area (TPSA) is 71.4 Å². The van der Waals surface area contributed by atoms with Crippen LogP contribution in [0, 0.1) is 0 Å². The predicted molar refractivity (Wildman–Crippen MR) is 108 cm³/mol. The molecule has 3 rings (SSSR count). The van der Waals surface area contributed by atoms with Crippen LogP contribution in [0.15, 0.2) is 41.7 Å². The summed E-state index contributed by atoms with van der Waals surface area (Å²) in [4.78, 5) is 12.7. The van der Waals surface area contributed by atoms with Gasteiger partial charge < -0.3 is 15.4 Å². The zero-order chi connectivity index (χ0) is 18.9. The van der Waals surface area contributed by atoms with Crippen LogP contribution >= 0.6 is 11.6 Å². The molecule has 6 nitrogen and oxygen atoms in total. The van der Waals surface area contributed by atoms with Gasteiger partial charge in [0.25, 0.3) is 0 Å². The molecule has 0 bridgehead atoms. The molecule has 0 amide bonds. The molecule has 1 aliphatic carbocycles. The molecular weight excluding hydrogens is 362 g/mol. The average molecular weight is 388 g/mol. The van der Waals surface area contributed by atoms with Crippen LogP contribution in [0.1, 0.15) is 36.8 Å². The number of guanidine groups is 1. The highest BCUT2D eigenvalue weighted by Gasteiger charge is 2.17. The highest BCUT2D eigenvalue weighted by atomic mass is 35.5. The minimum absolute atomic E-state index is 0.317. The van der Waals surface area contributed by atoms with E-state index in [9.17, 15) is 0 Å². The highest BCUT2D eigenvalue weighted by Crippen LogP contribution is 2.23. The molecule has 1 fully saturated rings. The van der Waals surface area contributed by atoms with Gasteiger partial charge in [0.15, 0.2) is 5.96 Å². The Morgan fingerprint density at radius 3 is 2.78 bits per heavy atom. The fraction of sp³-hybridized carbons (Fsp3) is 0.450. The molecule has 1 aliphatic rings. The Labute approximate surface area is 165 Å². The summed E-state index contributed by atoms with van der Waals surface area (Å²) in [5, 5.41) is 7.14. The molecule has 2 aromatic heterocycles. The van der Waals surface area contributed by atoms with Crippen LogP contribution in [0.25, 0.3) is 0 Å². The van der Waals surface area contributed by atoms with E-state index in [0.29, 0.717) is 23.7 Å². The second kappa shape index (κ2) is 10.1. The van der Waals surface area contributed by atoms with Gasteiger partial charge in [-0.2, -0.15) is 0 Å². The third-order valence-corrected chi connectivity index (χ3v) is 4.79. The van der Waals surface area contributed by atoms with Crippen molar-refractivity contribution in [1.82, 2.24) is 20.6 Å². The molecule has 0 unspecified atom stereocenters. The second-order valence-electron chi connectivity index (χ2n) is 6.62. The van der Waals surface area contributed by atoms with Crippen molar-refractivity contribution >= 4 is 17.6 Å². The van der Waals surface area contributed by atoms with Gasteiger partial charge in [-0.1, -0.05) is 17.7 Å². The monoisotopic (exact) mass is 387 g/mol. The first kappa shape index (κ1) is 19.4. The van der Waals surface area contributed by atoms with Gasteiger partial charge in [0.1, 0.15) is 11.3 Å². The first-order valence-electron chi connectivity index (χ1n) is 9.39. The first-order valence-corrected chi connectivity index (χ1v) is 9.77. The minimum Gasteiger partial charge on any atom is -0.474 e. The number of hydrogen-bond acceptors (Lipinski definition) is 4. The predicted octanol–water partition coefficient (Wildman–Crippen LogP) is 3.36. The molecular formula is C20H26ClN5O. The van der Waals surface area contributed by atoms with Crippen molar-refractivity contribution in [2.45, 2.75) is 44.8 Å². The number of rotatable bonds is 7. The van der Waals surface area contributed by atoms with Gasteiger partial charge in [0, 0.05) is 38.6 Å². The van der Waals surface area contributed by atoms with Gasteiger partial charge in [0.2, 0.25) is 5.88 Å². The SMILES string of the molecule is CN=C(NCCc1ccc(Cl)nc1)NCc1ccnc(OC2CCCC2)c1. The van der Waals surface area contributed by atoms with Crippen molar-refractivity contribution in [1.29, 1.82) is 0 Å². The molecule has 2 aromatic rings. The van der Waals surface area contributed by atoms with E-state index in [1.54, 1.807) is 25.5 Å². The van der Waals surface area contributed by atoms with E-state index >= 15 is 0 Å². The number of aliphatic imine (C=N–C) groups is 1. The van der Waals surface area contributed by atoms with Crippen molar-refractivity contribution in [3.05, 3.63) is 52.9 Å². The van der Waals surface area contributed by atoms with E-state index in [1.165, 1.54) is 12.8 Å². The number of pyridine rings is 2. The second-order valence-corrected chi connectivity index (χ2v) is 7.01. The number of nitrogens with one attached hydrogen (secondary N) is 2. The van der Waals surface area contributed by atoms with Crippen LogP contribution in [0.2, 0.25) is 5.15 Å². The third kappa shape index (κ3) is 6.40. The summed E-state index contributed by atoms with van der Waals surface area (Å²) in [5.41, 5.74) is 2.24. The summed E-state index contributed by atoms with van der Waals surface area (Å²) < 4.78 is 5.97. The standard InChI is InChI=1S/C20H26ClN5O/c1-22-20(24-11-8-15-6-7-18(21)25-13-15)26-14-16-9-10-23-19(12-16)27-17-4-2-3-5-17/h6-7,9-10,12-13,17H,2-5,8,11,14H2,1H3,(H2,22,24,26). The minimum atomic E-state index is 0.317. The fourth-order valence-electron chi connectivity index (χ4n) is 3.09. The summed E-state index contributed by atoms with van der Waals surface area (Å²) in [7, 11) is 1.76. The lowest BCUT2D eigenvalue weighted by Gasteiger charge is -2.14. The molecule has 2 N–H and O–H groups in total. The number of nitrogens with zero attached hydrogens (tertiary/aromatic N) is 3. The highest BCUT2D eigenvalue weighted by molar-refractivity contribution is 6.29. The smallest absolute Gasteiger partial charge is 0.213 e. The lowest BCUT2D eigenvalue weighted by molar-refractivity contribution is 0.201. The van der Waals surface area contributed by atoms with Crippen molar-refractivity contribution in [2.24, 2.45) is 4.99 Å². The summed E-state index contributed by atoms with van der Waals surface area (Å²) in [6.07, 6.45) is 9.51. The lowest BCUT2D eigenvalue weighted by Crippen LogP contribution is -2.37. The van der Waals surface area contributed by atoms with Gasteiger partial charge in [-0.3, -0.25) is 4.99 Å². The molecule has 0 radical (unpaired) electrons. The van der Waals surface area contributed by atoms with Crippen LogP contribution in [-0.4, -0.2) is 35.6 Å². The van der Waals surface area contributed by atoms with Gasteiger partial charge in [-0.05, 0) is 55.4 Å². The Balaban J connectivity index is 1.44. The maximum atomic E-state index is 5.97. The molecule has 0 aromatic carbocycles. The Morgan fingerprint density at radius 2 is 2.04 bits per heavy atom. The summed E-state index contributed by atoms with van der Waals surface area (Å²) in [6.45, 7) is 1.42. The van der Waals surface area contributed by atoms with E-state index < -0.39 is 0 Å². The first-order chi connectivity index (χ1) is 13.2. The quantitative estimate of drug-likeness (QED) is 0.433. The van der Waals surface area contributed by atoms with Gasteiger partial charge in [-0.15, -0.1) is 0 Å². The molecule has 0 atom stereocenters. The Morgan fingerprint density at radius 1 is 1.19 bits per heavy atom. The van der Waals surface area contributed by atoms with Gasteiger partial charge in [0.05, 0.1) is 0 Å². The zero-order valence-corrected chi connectivity index (χ0v) is 16.4. The maximum Gasteiger partial charge on any atom is 0.213 e. The zero-order valence-electron chi connectivity index (χ0n) is 15.6. The molecule has 0 saturated heterocycles. The van der Waals surface area contributed by atoms with Gasteiger partial charge >= 0.3 is 0 Å². The van der Waals surface area contributed by atoms with Crippen molar-refractivity contribution in [2.75, 3.05) is 13.6 Å². The number of halogens is 1. The van der Waals surface area contributed by atoms with E-state index in [0.717, 1.165) is 42.9 Å². The van der Waals surface area contributed by atoms with Crippen molar-refractivity contribution in [3.8, 4) is 5.88 Å². The van der Waals surface area contributed by atoms with E-state index in [4.69, 9.17) is 16.3 Å². The van der Waals surface area contributed by atoms with Crippen molar-refractivity contribution in [3.63, 3.8) is 0 Å². The molecule has 27 heavy (non-hydrogen) atoms. The van der Waals surface area contributed by atoms with Crippen LogP contribution in [0.5, 0.6) is 5.88 Å².